The minimum Gasteiger partial charge on any atom is -0.497 e. The van der Waals surface area contributed by atoms with E-state index in [0.29, 0.717) is 35.5 Å². The third-order valence-corrected chi connectivity index (χ3v) is 7.40. The van der Waals surface area contributed by atoms with E-state index in [9.17, 15) is 0 Å². The number of nitrogens with one attached hydrogen (secondary N) is 1. The molecule has 3 atom stereocenters. The lowest BCUT2D eigenvalue weighted by Gasteiger charge is -2.37. The Kier molecular flexibility index (Phi) is 8.75. The van der Waals surface area contributed by atoms with Crippen LogP contribution >= 0.6 is 0 Å². The van der Waals surface area contributed by atoms with Gasteiger partial charge in [-0.3, -0.25) is 4.90 Å². The monoisotopic (exact) mass is 468 g/mol. The molecule has 1 aliphatic heterocycles. The predicted molar refractivity (Wildman–Crippen MR) is 134 cm³/mol. The minimum atomic E-state index is 0.446. The summed E-state index contributed by atoms with van der Waals surface area (Å²) in [4.78, 5) is 2.49. The quantitative estimate of drug-likeness (QED) is 0.416. The van der Waals surface area contributed by atoms with E-state index in [1.54, 1.807) is 7.11 Å². The number of morpholine rings is 1. The highest BCUT2D eigenvalue weighted by atomic mass is 16.5. The summed E-state index contributed by atoms with van der Waals surface area (Å²) in [6.07, 6.45) is 4.46. The first-order valence-electron chi connectivity index (χ1n) is 12.7. The van der Waals surface area contributed by atoms with Crippen molar-refractivity contribution in [2.45, 2.75) is 33.6 Å². The number of hydrogen-bond acceptors (Lipinski definition) is 7. The van der Waals surface area contributed by atoms with Crippen molar-refractivity contribution in [1.29, 1.82) is 0 Å². The summed E-state index contributed by atoms with van der Waals surface area (Å²) in [6.45, 7) is 14.0. The summed E-state index contributed by atoms with van der Waals surface area (Å²) in [5.74, 6) is 4.39. The minimum absolute atomic E-state index is 0.446. The van der Waals surface area contributed by atoms with Gasteiger partial charge < -0.3 is 19.2 Å². The van der Waals surface area contributed by atoms with Crippen LogP contribution < -0.4 is 10.1 Å². The van der Waals surface area contributed by atoms with Crippen molar-refractivity contribution in [2.24, 2.45) is 23.7 Å². The van der Waals surface area contributed by atoms with Gasteiger partial charge in [-0.1, -0.05) is 25.5 Å². The molecule has 1 aromatic carbocycles. The van der Waals surface area contributed by atoms with Gasteiger partial charge in [-0.2, -0.15) is 0 Å². The number of methoxy groups -OCH3 is 1. The molecular weight excluding hydrogens is 428 g/mol. The highest BCUT2D eigenvalue weighted by molar-refractivity contribution is 5.53. The first-order chi connectivity index (χ1) is 16.5. The van der Waals surface area contributed by atoms with Crippen molar-refractivity contribution in [1.82, 2.24) is 20.4 Å². The van der Waals surface area contributed by atoms with Crippen molar-refractivity contribution in [3.8, 4) is 17.2 Å². The van der Waals surface area contributed by atoms with Crippen LogP contribution in [0.4, 0.5) is 0 Å². The van der Waals surface area contributed by atoms with Crippen molar-refractivity contribution in [2.75, 3.05) is 53.0 Å². The normalized spacial score (nSPS) is 23.8. The van der Waals surface area contributed by atoms with Crippen LogP contribution in [0.5, 0.6) is 5.75 Å². The Morgan fingerprint density at radius 2 is 1.91 bits per heavy atom. The van der Waals surface area contributed by atoms with E-state index in [0.717, 1.165) is 70.1 Å². The molecule has 1 N–H and O–H groups in total. The number of nitrogens with zero attached hydrogens (tertiary/aromatic N) is 3. The molecule has 0 amide bonds. The smallest absolute Gasteiger partial charge is 0.247 e. The summed E-state index contributed by atoms with van der Waals surface area (Å²) in [7, 11) is 1.66. The molecule has 0 saturated carbocycles. The zero-order chi connectivity index (χ0) is 23.9. The van der Waals surface area contributed by atoms with Crippen molar-refractivity contribution < 1.29 is 13.9 Å². The summed E-state index contributed by atoms with van der Waals surface area (Å²) in [5, 5.41) is 12.4. The third-order valence-electron chi connectivity index (χ3n) is 7.40. The molecular formula is C27H40N4O3. The molecule has 1 aromatic heterocycles. The maximum atomic E-state index is 6.04. The van der Waals surface area contributed by atoms with Gasteiger partial charge >= 0.3 is 0 Å². The Balaban J connectivity index is 1.33. The second-order valence-electron chi connectivity index (χ2n) is 10.0. The molecule has 0 radical (unpaired) electrons. The lowest BCUT2D eigenvalue weighted by Crippen LogP contribution is -2.42. The lowest BCUT2D eigenvalue weighted by atomic mass is 9.70. The average Bonchev–Trinajstić information content (AvgIpc) is 3.32. The Morgan fingerprint density at radius 3 is 2.62 bits per heavy atom. The van der Waals surface area contributed by atoms with E-state index >= 15 is 0 Å². The molecule has 1 saturated heterocycles. The number of benzene rings is 1. The molecule has 0 bridgehead atoms. The average molecular weight is 469 g/mol. The predicted octanol–water partition coefficient (Wildman–Crippen LogP) is 4.06. The van der Waals surface area contributed by atoms with E-state index in [4.69, 9.17) is 13.9 Å². The summed E-state index contributed by atoms with van der Waals surface area (Å²) >= 11 is 0. The fourth-order valence-corrected chi connectivity index (χ4v) is 5.24. The SMILES string of the molecule is COc1ccc(-c2nnc(CC3CC(C(C)C)C(CNCCN4CCOCC4)C=C3C)o2)cc1. The molecule has 2 aliphatic rings. The third kappa shape index (κ3) is 6.46. The largest absolute Gasteiger partial charge is 0.497 e. The zero-order valence-electron chi connectivity index (χ0n) is 21.1. The van der Waals surface area contributed by atoms with Crippen LogP contribution in [0.3, 0.4) is 0 Å². The molecule has 7 heteroatoms. The van der Waals surface area contributed by atoms with E-state index in [-0.39, 0.29) is 0 Å². The van der Waals surface area contributed by atoms with E-state index in [1.807, 2.05) is 24.3 Å². The highest BCUT2D eigenvalue weighted by Gasteiger charge is 2.32. The molecule has 2 heterocycles. The van der Waals surface area contributed by atoms with Crippen LogP contribution in [0.1, 0.15) is 33.1 Å². The molecule has 3 unspecified atom stereocenters. The van der Waals surface area contributed by atoms with Gasteiger partial charge in [-0.05, 0) is 61.3 Å². The van der Waals surface area contributed by atoms with Crippen LogP contribution in [0.25, 0.3) is 11.5 Å². The topological polar surface area (TPSA) is 72.7 Å². The molecule has 7 nitrogen and oxygen atoms in total. The van der Waals surface area contributed by atoms with Gasteiger partial charge in [0.25, 0.3) is 0 Å². The Morgan fingerprint density at radius 1 is 1.15 bits per heavy atom. The number of aromatic nitrogens is 2. The van der Waals surface area contributed by atoms with Crippen LogP contribution in [-0.2, 0) is 11.2 Å². The summed E-state index contributed by atoms with van der Waals surface area (Å²) in [6, 6.07) is 7.73. The van der Waals surface area contributed by atoms with Gasteiger partial charge in [0.2, 0.25) is 11.8 Å². The zero-order valence-corrected chi connectivity index (χ0v) is 21.1. The fourth-order valence-electron chi connectivity index (χ4n) is 5.24. The fraction of sp³-hybridized carbons (Fsp3) is 0.630. The number of rotatable bonds is 10. The van der Waals surface area contributed by atoms with E-state index in [1.165, 1.54) is 5.57 Å². The van der Waals surface area contributed by atoms with Gasteiger partial charge in [0.15, 0.2) is 0 Å². The van der Waals surface area contributed by atoms with Crippen LogP contribution in [0.15, 0.2) is 40.3 Å². The molecule has 4 rings (SSSR count). The maximum absolute atomic E-state index is 6.04. The Labute approximate surface area is 203 Å². The van der Waals surface area contributed by atoms with Crippen LogP contribution in [-0.4, -0.2) is 68.1 Å². The molecule has 1 fully saturated rings. The van der Waals surface area contributed by atoms with Crippen molar-refractivity contribution in [3.05, 3.63) is 41.8 Å². The number of hydrogen-bond donors (Lipinski definition) is 1. The number of ether oxygens (including phenoxy) is 2. The summed E-state index contributed by atoms with van der Waals surface area (Å²) in [5.41, 5.74) is 2.36. The summed E-state index contributed by atoms with van der Waals surface area (Å²) < 4.78 is 16.7. The Bertz CT molecular complexity index is 918. The highest BCUT2D eigenvalue weighted by Crippen LogP contribution is 2.38. The molecule has 34 heavy (non-hydrogen) atoms. The van der Waals surface area contributed by atoms with Gasteiger partial charge in [0.1, 0.15) is 5.75 Å². The van der Waals surface area contributed by atoms with Gasteiger partial charge in [0, 0.05) is 44.7 Å². The number of allylic oxidation sites excluding steroid dienone is 1. The van der Waals surface area contributed by atoms with Gasteiger partial charge in [-0.25, -0.2) is 0 Å². The van der Waals surface area contributed by atoms with Crippen molar-refractivity contribution >= 4 is 0 Å². The first kappa shape index (κ1) is 24.9. The van der Waals surface area contributed by atoms with E-state index < -0.39 is 0 Å². The van der Waals surface area contributed by atoms with Crippen LogP contribution in [0.2, 0.25) is 0 Å². The molecule has 0 spiro atoms. The second kappa shape index (κ2) is 12.0. The molecule has 186 valence electrons. The second-order valence-corrected chi connectivity index (χ2v) is 10.0. The van der Waals surface area contributed by atoms with Gasteiger partial charge in [0.05, 0.1) is 20.3 Å². The lowest BCUT2D eigenvalue weighted by molar-refractivity contribution is 0.0382. The van der Waals surface area contributed by atoms with Gasteiger partial charge in [-0.15, -0.1) is 10.2 Å². The maximum Gasteiger partial charge on any atom is 0.247 e. The Hall–Kier alpha value is -2.22. The van der Waals surface area contributed by atoms with Crippen molar-refractivity contribution in [3.63, 3.8) is 0 Å². The molecule has 1 aliphatic carbocycles. The van der Waals surface area contributed by atoms with Crippen LogP contribution in [0, 0.1) is 23.7 Å². The van der Waals surface area contributed by atoms with E-state index in [2.05, 4.69) is 47.3 Å². The standard InChI is InChI=1S/C27H40N4O3/c1-19(2)25-16-22(17-26-29-30-27(34-26)21-5-7-24(32-4)8-6-21)20(3)15-23(25)18-28-9-10-31-11-13-33-14-12-31/h5-8,15,19,22-23,25,28H,9-14,16-18H2,1-4H3. The molecule has 2 aromatic rings. The first-order valence-corrected chi connectivity index (χ1v) is 12.7.